The van der Waals surface area contributed by atoms with Gasteiger partial charge in [0.15, 0.2) is 0 Å². The second-order valence-electron chi connectivity index (χ2n) is 4.89. The standard InChI is InChI=1S/C13H18BrN3O3/c1-20-7-6-16-5-4-11(15)13(16)10-3-2-9(14)8-12(10)17(18)19/h2-3,8,11,13H,4-7,15H2,1H3. The van der Waals surface area contributed by atoms with Crippen molar-refractivity contribution >= 4 is 21.6 Å². The first kappa shape index (κ1) is 15.4. The molecule has 0 aromatic heterocycles. The van der Waals surface area contributed by atoms with Crippen molar-refractivity contribution in [3.8, 4) is 0 Å². The van der Waals surface area contributed by atoms with E-state index in [2.05, 4.69) is 20.8 Å². The molecular weight excluding hydrogens is 326 g/mol. The SMILES string of the molecule is COCCN1CCC(N)C1c1ccc(Br)cc1[N+](=O)[O-]. The highest BCUT2D eigenvalue weighted by molar-refractivity contribution is 9.10. The molecule has 2 atom stereocenters. The highest BCUT2D eigenvalue weighted by Gasteiger charge is 2.36. The summed E-state index contributed by atoms with van der Waals surface area (Å²) < 4.78 is 5.79. The number of methoxy groups -OCH3 is 1. The number of benzene rings is 1. The molecule has 1 heterocycles. The quantitative estimate of drug-likeness (QED) is 0.653. The number of ether oxygens (including phenoxy) is 1. The van der Waals surface area contributed by atoms with Crippen LogP contribution in [-0.4, -0.2) is 42.7 Å². The maximum Gasteiger partial charge on any atom is 0.275 e. The van der Waals surface area contributed by atoms with Crippen LogP contribution < -0.4 is 5.73 Å². The van der Waals surface area contributed by atoms with E-state index in [0.717, 1.165) is 19.5 Å². The van der Waals surface area contributed by atoms with E-state index >= 15 is 0 Å². The van der Waals surface area contributed by atoms with Gasteiger partial charge in [0.25, 0.3) is 5.69 Å². The van der Waals surface area contributed by atoms with E-state index in [1.54, 1.807) is 13.2 Å². The van der Waals surface area contributed by atoms with Crippen molar-refractivity contribution < 1.29 is 9.66 Å². The molecule has 0 bridgehead atoms. The lowest BCUT2D eigenvalue weighted by Gasteiger charge is -2.26. The van der Waals surface area contributed by atoms with Crippen molar-refractivity contribution in [1.29, 1.82) is 0 Å². The largest absolute Gasteiger partial charge is 0.383 e. The number of nitrogens with zero attached hydrogens (tertiary/aromatic N) is 2. The number of nitrogens with two attached hydrogens (primary N) is 1. The molecule has 1 aliphatic heterocycles. The van der Waals surface area contributed by atoms with Crippen LogP contribution in [0.15, 0.2) is 22.7 Å². The smallest absolute Gasteiger partial charge is 0.275 e. The van der Waals surface area contributed by atoms with Gasteiger partial charge in [0.05, 0.1) is 17.6 Å². The van der Waals surface area contributed by atoms with E-state index in [1.165, 1.54) is 6.07 Å². The molecule has 110 valence electrons. The van der Waals surface area contributed by atoms with Gasteiger partial charge in [-0.15, -0.1) is 0 Å². The van der Waals surface area contributed by atoms with E-state index in [4.69, 9.17) is 10.5 Å². The number of hydrogen-bond acceptors (Lipinski definition) is 5. The Morgan fingerprint density at radius 1 is 1.60 bits per heavy atom. The molecule has 0 aliphatic carbocycles. The van der Waals surface area contributed by atoms with Crippen LogP contribution in [0.2, 0.25) is 0 Å². The molecule has 0 radical (unpaired) electrons. The zero-order valence-corrected chi connectivity index (χ0v) is 12.9. The van der Waals surface area contributed by atoms with E-state index in [-0.39, 0.29) is 22.7 Å². The molecule has 20 heavy (non-hydrogen) atoms. The number of halogens is 1. The maximum absolute atomic E-state index is 11.3. The summed E-state index contributed by atoms with van der Waals surface area (Å²) in [5, 5.41) is 11.3. The Balaban J connectivity index is 2.34. The average Bonchev–Trinajstić information content (AvgIpc) is 2.77. The monoisotopic (exact) mass is 343 g/mol. The molecular formula is C13H18BrN3O3. The minimum absolute atomic E-state index is 0.0910. The molecule has 0 saturated carbocycles. The summed E-state index contributed by atoms with van der Waals surface area (Å²) in [4.78, 5) is 13.1. The highest BCUT2D eigenvalue weighted by Crippen LogP contribution is 2.37. The van der Waals surface area contributed by atoms with Gasteiger partial charge in [0.2, 0.25) is 0 Å². The second kappa shape index (κ2) is 6.62. The topological polar surface area (TPSA) is 81.6 Å². The van der Waals surface area contributed by atoms with Crippen LogP contribution >= 0.6 is 15.9 Å². The Morgan fingerprint density at radius 2 is 2.35 bits per heavy atom. The van der Waals surface area contributed by atoms with Crippen LogP contribution in [0.4, 0.5) is 5.69 Å². The Labute approximate surface area is 126 Å². The number of likely N-dealkylation sites (tertiary alicyclic amines) is 1. The van der Waals surface area contributed by atoms with Gasteiger partial charge in [0, 0.05) is 42.3 Å². The fourth-order valence-corrected chi connectivity index (χ4v) is 3.04. The third kappa shape index (κ3) is 3.17. The summed E-state index contributed by atoms with van der Waals surface area (Å²) in [6, 6.07) is 4.93. The lowest BCUT2D eigenvalue weighted by atomic mass is 9.99. The van der Waals surface area contributed by atoms with Crippen molar-refractivity contribution in [2.75, 3.05) is 26.8 Å². The van der Waals surface area contributed by atoms with Crippen LogP contribution in [0.25, 0.3) is 0 Å². The molecule has 1 aromatic rings. The Bertz CT molecular complexity index is 498. The Hall–Kier alpha value is -1.02. The van der Waals surface area contributed by atoms with Crippen molar-refractivity contribution in [3.05, 3.63) is 38.3 Å². The summed E-state index contributed by atoms with van der Waals surface area (Å²) >= 11 is 3.28. The van der Waals surface area contributed by atoms with Gasteiger partial charge in [-0.05, 0) is 18.6 Å². The minimum Gasteiger partial charge on any atom is -0.383 e. The molecule has 7 heteroatoms. The van der Waals surface area contributed by atoms with Gasteiger partial charge in [-0.25, -0.2) is 0 Å². The first-order valence-corrected chi connectivity index (χ1v) is 7.26. The van der Waals surface area contributed by atoms with Crippen LogP contribution in [-0.2, 0) is 4.74 Å². The van der Waals surface area contributed by atoms with Crippen LogP contribution in [0.3, 0.4) is 0 Å². The number of nitro groups is 1. The normalized spacial score (nSPS) is 23.1. The molecule has 2 unspecified atom stereocenters. The summed E-state index contributed by atoms with van der Waals surface area (Å²) in [6.45, 7) is 2.15. The van der Waals surface area contributed by atoms with Gasteiger partial charge in [-0.3, -0.25) is 15.0 Å². The number of rotatable bonds is 5. The number of nitro benzene ring substituents is 1. The van der Waals surface area contributed by atoms with Gasteiger partial charge >= 0.3 is 0 Å². The number of hydrogen-bond donors (Lipinski definition) is 1. The van der Waals surface area contributed by atoms with E-state index in [9.17, 15) is 10.1 Å². The fraction of sp³-hybridized carbons (Fsp3) is 0.538. The molecule has 1 aromatic carbocycles. The fourth-order valence-electron chi connectivity index (χ4n) is 2.69. The zero-order chi connectivity index (χ0) is 14.7. The van der Waals surface area contributed by atoms with Crippen molar-refractivity contribution in [2.45, 2.75) is 18.5 Å². The maximum atomic E-state index is 11.3. The predicted molar refractivity (Wildman–Crippen MR) is 79.6 cm³/mol. The molecule has 1 saturated heterocycles. The Morgan fingerprint density at radius 3 is 3.00 bits per heavy atom. The summed E-state index contributed by atoms with van der Waals surface area (Å²) in [5.74, 6) is 0. The molecule has 0 spiro atoms. The zero-order valence-electron chi connectivity index (χ0n) is 11.3. The molecule has 2 rings (SSSR count). The van der Waals surface area contributed by atoms with E-state index < -0.39 is 0 Å². The molecule has 0 amide bonds. The second-order valence-corrected chi connectivity index (χ2v) is 5.80. The summed E-state index contributed by atoms with van der Waals surface area (Å²) in [6.07, 6.45) is 0.835. The van der Waals surface area contributed by atoms with Crippen molar-refractivity contribution in [1.82, 2.24) is 4.90 Å². The Kier molecular flexibility index (Phi) is 5.09. The van der Waals surface area contributed by atoms with Crippen molar-refractivity contribution in [2.24, 2.45) is 5.73 Å². The molecule has 1 fully saturated rings. The van der Waals surface area contributed by atoms with E-state index in [1.807, 2.05) is 6.07 Å². The van der Waals surface area contributed by atoms with Crippen LogP contribution in [0.1, 0.15) is 18.0 Å². The van der Waals surface area contributed by atoms with Crippen LogP contribution in [0, 0.1) is 10.1 Å². The summed E-state index contributed by atoms with van der Waals surface area (Å²) in [7, 11) is 1.65. The lowest BCUT2D eigenvalue weighted by Crippen LogP contribution is -2.34. The highest BCUT2D eigenvalue weighted by atomic mass is 79.9. The predicted octanol–water partition coefficient (Wildman–Crippen LogP) is 2.08. The summed E-state index contributed by atoms with van der Waals surface area (Å²) in [5.41, 5.74) is 6.96. The minimum atomic E-state index is -0.348. The van der Waals surface area contributed by atoms with Crippen LogP contribution in [0.5, 0.6) is 0 Å². The molecule has 1 aliphatic rings. The van der Waals surface area contributed by atoms with Crippen molar-refractivity contribution in [3.63, 3.8) is 0 Å². The van der Waals surface area contributed by atoms with E-state index in [0.29, 0.717) is 16.6 Å². The molecule has 6 nitrogen and oxygen atoms in total. The lowest BCUT2D eigenvalue weighted by molar-refractivity contribution is -0.386. The average molecular weight is 344 g/mol. The third-order valence-corrected chi connectivity index (χ3v) is 4.13. The first-order chi connectivity index (χ1) is 9.54. The van der Waals surface area contributed by atoms with Gasteiger partial charge in [0.1, 0.15) is 0 Å². The van der Waals surface area contributed by atoms with Gasteiger partial charge in [-0.1, -0.05) is 15.9 Å². The van der Waals surface area contributed by atoms with Gasteiger partial charge in [-0.2, -0.15) is 0 Å². The first-order valence-electron chi connectivity index (χ1n) is 6.47. The molecule has 2 N–H and O–H groups in total. The van der Waals surface area contributed by atoms with Gasteiger partial charge < -0.3 is 10.5 Å². The third-order valence-electron chi connectivity index (χ3n) is 3.64.